The molecule has 3 aromatic rings. The average molecular weight is 481 g/mol. The van der Waals surface area contributed by atoms with Crippen molar-refractivity contribution < 1.29 is 18.4 Å². The van der Waals surface area contributed by atoms with Gasteiger partial charge < -0.3 is 14.2 Å². The van der Waals surface area contributed by atoms with Crippen molar-refractivity contribution in [2.75, 3.05) is 20.2 Å². The second-order valence-corrected chi connectivity index (χ2v) is 8.68. The van der Waals surface area contributed by atoms with Crippen molar-refractivity contribution in [2.24, 2.45) is 5.90 Å². The molecular weight excluding hydrogens is 450 g/mol. The third-order valence-electron chi connectivity index (χ3n) is 6.24. The van der Waals surface area contributed by atoms with E-state index in [1.807, 2.05) is 35.9 Å². The molecule has 1 aliphatic rings. The predicted molar refractivity (Wildman–Crippen MR) is 132 cm³/mol. The van der Waals surface area contributed by atoms with Crippen LogP contribution in [0, 0.1) is 18.6 Å². The summed E-state index contributed by atoms with van der Waals surface area (Å²) in [5.41, 5.74) is 5.29. The number of rotatable bonds is 8. The number of likely N-dealkylation sites (tertiary alicyclic amines) is 1. The smallest absolute Gasteiger partial charge is 0.143 e. The van der Waals surface area contributed by atoms with Crippen molar-refractivity contribution in [3.8, 4) is 11.4 Å². The molecule has 6 nitrogen and oxygen atoms in total. The third-order valence-corrected chi connectivity index (χ3v) is 6.24. The van der Waals surface area contributed by atoms with E-state index in [4.69, 9.17) is 15.5 Å². The minimum absolute atomic E-state index is 0.378. The Balaban J connectivity index is 1.48. The minimum atomic E-state index is -0.653. The van der Waals surface area contributed by atoms with Gasteiger partial charge in [0.25, 0.3) is 0 Å². The summed E-state index contributed by atoms with van der Waals surface area (Å²) in [7, 11) is 1.65. The molecule has 0 bridgehead atoms. The highest BCUT2D eigenvalue weighted by Gasteiger charge is 2.21. The number of nitrogens with zero attached hydrogens (tertiary/aromatic N) is 3. The molecule has 1 atom stereocenters. The van der Waals surface area contributed by atoms with Gasteiger partial charge in [0.15, 0.2) is 0 Å². The Kier molecular flexibility index (Phi) is 7.63. The molecule has 8 heteroatoms. The van der Waals surface area contributed by atoms with Gasteiger partial charge in [-0.1, -0.05) is 12.6 Å². The first kappa shape index (κ1) is 24.6. The van der Waals surface area contributed by atoms with E-state index in [2.05, 4.69) is 22.5 Å². The zero-order valence-corrected chi connectivity index (χ0v) is 20.0. The van der Waals surface area contributed by atoms with Gasteiger partial charge in [0.1, 0.15) is 23.5 Å². The number of nitrogens with two attached hydrogens (primary N) is 1. The van der Waals surface area contributed by atoms with Crippen LogP contribution in [-0.2, 0) is 4.84 Å². The molecule has 1 saturated heterocycles. The quantitative estimate of drug-likeness (QED) is 0.433. The molecule has 1 aliphatic heterocycles. The molecule has 4 rings (SSSR count). The lowest BCUT2D eigenvalue weighted by atomic mass is 9.97. The van der Waals surface area contributed by atoms with Gasteiger partial charge in [0.2, 0.25) is 0 Å². The van der Waals surface area contributed by atoms with Crippen LogP contribution < -0.4 is 10.6 Å². The lowest BCUT2D eigenvalue weighted by Crippen LogP contribution is -2.31. The summed E-state index contributed by atoms with van der Waals surface area (Å²) in [4.78, 5) is 11.5. The molecule has 0 amide bonds. The van der Waals surface area contributed by atoms with Crippen LogP contribution in [0.2, 0.25) is 0 Å². The molecule has 0 spiro atoms. The zero-order valence-electron chi connectivity index (χ0n) is 20.0. The average Bonchev–Trinajstić information content (AvgIpc) is 3.27. The van der Waals surface area contributed by atoms with Crippen molar-refractivity contribution in [2.45, 2.75) is 32.3 Å². The van der Waals surface area contributed by atoms with Crippen LogP contribution in [0.1, 0.15) is 42.2 Å². The summed E-state index contributed by atoms with van der Waals surface area (Å²) in [5.74, 6) is 4.90. The molecule has 1 fully saturated rings. The maximum Gasteiger partial charge on any atom is 0.143 e. The van der Waals surface area contributed by atoms with Gasteiger partial charge in [0, 0.05) is 31.0 Å². The number of imidazole rings is 1. The summed E-state index contributed by atoms with van der Waals surface area (Å²) in [5, 5.41) is 0. The first-order valence-corrected chi connectivity index (χ1v) is 11.5. The maximum absolute atomic E-state index is 13.6. The maximum atomic E-state index is 13.6. The van der Waals surface area contributed by atoms with E-state index in [0.717, 1.165) is 59.4 Å². The highest BCUT2D eigenvalue weighted by atomic mass is 19.1. The summed E-state index contributed by atoms with van der Waals surface area (Å²) in [6, 6.07) is 9.39. The fraction of sp³-hybridized carbons (Fsp3) is 0.296. The number of ether oxygens (including phenoxy) is 1. The van der Waals surface area contributed by atoms with E-state index in [0.29, 0.717) is 18.5 Å². The van der Waals surface area contributed by atoms with Crippen molar-refractivity contribution in [1.29, 1.82) is 0 Å². The van der Waals surface area contributed by atoms with Crippen molar-refractivity contribution in [1.82, 2.24) is 14.5 Å². The lowest BCUT2D eigenvalue weighted by molar-refractivity contribution is 0.0401. The number of benzene rings is 2. The van der Waals surface area contributed by atoms with Crippen LogP contribution in [0.4, 0.5) is 8.78 Å². The molecule has 1 unspecified atom stereocenters. The number of aromatic nitrogens is 2. The number of hydrogen-bond donors (Lipinski definition) is 1. The molecule has 0 aliphatic carbocycles. The Bertz CT molecular complexity index is 1220. The van der Waals surface area contributed by atoms with Gasteiger partial charge in [-0.3, -0.25) is 4.84 Å². The number of aryl methyl sites for hydroxylation is 1. The largest absolute Gasteiger partial charge is 0.495 e. The van der Waals surface area contributed by atoms with E-state index in [9.17, 15) is 8.78 Å². The Morgan fingerprint density at radius 3 is 2.63 bits per heavy atom. The Morgan fingerprint density at radius 2 is 1.97 bits per heavy atom. The molecule has 0 saturated carbocycles. The fourth-order valence-electron chi connectivity index (χ4n) is 4.44. The highest BCUT2D eigenvalue weighted by Crippen LogP contribution is 2.31. The van der Waals surface area contributed by atoms with E-state index in [1.54, 1.807) is 13.4 Å². The highest BCUT2D eigenvalue weighted by molar-refractivity contribution is 5.63. The SMILES string of the molecule is C=C1/C(=C/c2ccc(-n3cnc(C)c3)c(OC)c2)CCCN1CCC(ON)c1cc(F)cc(F)c1. The van der Waals surface area contributed by atoms with Crippen molar-refractivity contribution >= 4 is 6.08 Å². The van der Waals surface area contributed by atoms with Crippen LogP contribution >= 0.6 is 0 Å². The molecule has 35 heavy (non-hydrogen) atoms. The lowest BCUT2D eigenvalue weighted by Gasteiger charge is -2.34. The third kappa shape index (κ3) is 5.78. The van der Waals surface area contributed by atoms with Gasteiger partial charge >= 0.3 is 0 Å². The van der Waals surface area contributed by atoms with Crippen molar-refractivity contribution in [3.05, 3.63) is 95.2 Å². The number of methoxy groups -OCH3 is 1. The van der Waals surface area contributed by atoms with E-state index >= 15 is 0 Å². The van der Waals surface area contributed by atoms with E-state index < -0.39 is 17.7 Å². The summed E-state index contributed by atoms with van der Waals surface area (Å²) in [6.45, 7) is 7.69. The summed E-state index contributed by atoms with van der Waals surface area (Å²) in [6.07, 6.45) is 7.57. The van der Waals surface area contributed by atoms with E-state index in [1.165, 1.54) is 12.1 Å². The number of hydrogen-bond acceptors (Lipinski definition) is 5. The molecule has 0 radical (unpaired) electrons. The topological polar surface area (TPSA) is 65.5 Å². The van der Waals surface area contributed by atoms with Gasteiger partial charge in [-0.05, 0) is 73.2 Å². The number of piperidine rings is 1. The number of halogens is 2. The molecule has 2 N–H and O–H groups in total. The zero-order chi connectivity index (χ0) is 24.9. The second-order valence-electron chi connectivity index (χ2n) is 8.68. The Hall–Kier alpha value is -3.49. The molecule has 184 valence electrons. The van der Waals surface area contributed by atoms with Gasteiger partial charge in [-0.2, -0.15) is 0 Å². The monoisotopic (exact) mass is 480 g/mol. The fourth-order valence-corrected chi connectivity index (χ4v) is 4.44. The van der Waals surface area contributed by atoms with Gasteiger partial charge in [-0.15, -0.1) is 0 Å². The second kappa shape index (κ2) is 10.8. The first-order valence-electron chi connectivity index (χ1n) is 11.5. The standard InChI is InChI=1S/C27H30F2N4O2/c1-18-16-33(17-31-18)25-7-6-20(12-27(25)34-3)11-21-5-4-9-32(19(21)2)10-8-26(35-30)22-13-23(28)15-24(29)14-22/h6-7,11-17,26H,2,4-5,8-10,30H2,1,3H3/b21-11+. The Morgan fingerprint density at radius 1 is 1.20 bits per heavy atom. The minimum Gasteiger partial charge on any atom is -0.495 e. The van der Waals surface area contributed by atoms with Crippen LogP contribution in [0.25, 0.3) is 11.8 Å². The van der Waals surface area contributed by atoms with Crippen LogP contribution in [0.3, 0.4) is 0 Å². The molecule has 2 aromatic carbocycles. The van der Waals surface area contributed by atoms with Gasteiger partial charge in [-0.25, -0.2) is 19.7 Å². The van der Waals surface area contributed by atoms with Crippen LogP contribution in [-0.4, -0.2) is 34.7 Å². The summed E-state index contributed by atoms with van der Waals surface area (Å²) < 4.78 is 34.8. The van der Waals surface area contributed by atoms with Crippen LogP contribution in [0.5, 0.6) is 5.75 Å². The molecule has 1 aromatic heterocycles. The van der Waals surface area contributed by atoms with Crippen LogP contribution in [0.15, 0.2) is 66.8 Å². The predicted octanol–water partition coefficient (Wildman–Crippen LogP) is 5.48. The normalized spacial score (nSPS) is 16.1. The van der Waals surface area contributed by atoms with Gasteiger partial charge in [0.05, 0.1) is 24.8 Å². The number of allylic oxidation sites excluding steroid dienone is 1. The first-order chi connectivity index (χ1) is 16.9. The van der Waals surface area contributed by atoms with E-state index in [-0.39, 0.29) is 0 Å². The van der Waals surface area contributed by atoms with Crippen molar-refractivity contribution in [3.63, 3.8) is 0 Å². The summed E-state index contributed by atoms with van der Waals surface area (Å²) >= 11 is 0. The Labute approximate surface area is 204 Å². The molecule has 2 heterocycles. The molecular formula is C27H30F2N4O2.